The first-order valence-corrected chi connectivity index (χ1v) is 4.76. The van der Waals surface area contributed by atoms with E-state index in [1.807, 2.05) is 0 Å². The van der Waals surface area contributed by atoms with E-state index in [-0.39, 0.29) is 5.97 Å². The first-order valence-electron chi connectivity index (χ1n) is 4.76. The average molecular weight is 215 g/mol. The molecular formula is C10H17NO4. The van der Waals surface area contributed by atoms with Gasteiger partial charge in [-0.3, -0.25) is 4.79 Å². The topological polar surface area (TPSA) is 75.6 Å². The molecule has 5 heteroatoms. The molecule has 0 heterocycles. The molecule has 5 nitrogen and oxygen atoms in total. The van der Waals surface area contributed by atoms with E-state index in [0.717, 1.165) is 0 Å². The lowest BCUT2D eigenvalue weighted by molar-refractivity contribution is -0.142. The summed E-state index contributed by atoms with van der Waals surface area (Å²) in [6, 6.07) is -0.432. The van der Waals surface area contributed by atoms with Gasteiger partial charge in [0.2, 0.25) is 0 Å². The van der Waals surface area contributed by atoms with Crippen LogP contribution in [0.15, 0.2) is 11.6 Å². The number of carboxylic acid groups (broad SMARTS) is 1. The Morgan fingerprint density at radius 3 is 2.53 bits per heavy atom. The van der Waals surface area contributed by atoms with Crippen molar-refractivity contribution in [1.82, 2.24) is 5.32 Å². The molecule has 0 saturated carbocycles. The summed E-state index contributed by atoms with van der Waals surface area (Å²) in [5, 5.41) is 11.5. The normalized spacial score (nSPS) is 13.4. The van der Waals surface area contributed by atoms with Gasteiger partial charge in [0.15, 0.2) is 0 Å². The third kappa shape index (κ3) is 5.17. The number of aliphatic carboxylic acids is 1. The second-order valence-corrected chi connectivity index (χ2v) is 3.04. The van der Waals surface area contributed by atoms with Gasteiger partial charge in [-0.05, 0) is 13.3 Å². The molecule has 86 valence electrons. The number of methoxy groups -OCH3 is 1. The maximum Gasteiger partial charge on any atom is 0.331 e. The zero-order chi connectivity index (χ0) is 11.8. The van der Waals surface area contributed by atoms with Crippen molar-refractivity contribution in [3.63, 3.8) is 0 Å². The summed E-state index contributed by atoms with van der Waals surface area (Å²) in [6.45, 7) is 3.77. The summed E-state index contributed by atoms with van der Waals surface area (Å²) >= 11 is 0. The standard InChI is InChI=1S/C10H17NO4/c1-4-8(9(12)13)5-6-11-7(2)10(14)15-3/h5,7,11H,4,6H2,1-3H3,(H,12,13). The van der Waals surface area contributed by atoms with Crippen LogP contribution in [0.4, 0.5) is 0 Å². The number of carbonyl (C=O) groups excluding carboxylic acids is 1. The van der Waals surface area contributed by atoms with Crippen LogP contribution in [0.5, 0.6) is 0 Å². The van der Waals surface area contributed by atoms with E-state index in [4.69, 9.17) is 5.11 Å². The van der Waals surface area contributed by atoms with Crippen LogP contribution >= 0.6 is 0 Å². The molecule has 0 spiro atoms. The summed E-state index contributed by atoms with van der Waals surface area (Å²) in [4.78, 5) is 21.6. The summed E-state index contributed by atoms with van der Waals surface area (Å²) in [6.07, 6.45) is 2.02. The van der Waals surface area contributed by atoms with Gasteiger partial charge in [0.05, 0.1) is 7.11 Å². The number of carbonyl (C=O) groups is 2. The number of carboxylic acids is 1. The summed E-state index contributed by atoms with van der Waals surface area (Å²) in [7, 11) is 1.31. The van der Waals surface area contributed by atoms with E-state index >= 15 is 0 Å². The Labute approximate surface area is 89.1 Å². The highest BCUT2D eigenvalue weighted by molar-refractivity contribution is 5.86. The lowest BCUT2D eigenvalue weighted by Crippen LogP contribution is -2.35. The third-order valence-corrected chi connectivity index (χ3v) is 1.98. The lowest BCUT2D eigenvalue weighted by atomic mass is 10.2. The highest BCUT2D eigenvalue weighted by Gasteiger charge is 2.11. The van der Waals surface area contributed by atoms with Crippen LogP contribution in [-0.4, -0.2) is 36.7 Å². The molecule has 0 aromatic rings. The van der Waals surface area contributed by atoms with E-state index in [2.05, 4.69) is 10.1 Å². The Balaban J connectivity index is 4.06. The fraction of sp³-hybridized carbons (Fsp3) is 0.600. The summed E-state index contributed by atoms with van der Waals surface area (Å²) in [5.74, 6) is -1.29. The van der Waals surface area contributed by atoms with Gasteiger partial charge in [-0.15, -0.1) is 0 Å². The number of nitrogens with one attached hydrogen (secondary N) is 1. The Kier molecular flexibility index (Phi) is 6.37. The zero-order valence-corrected chi connectivity index (χ0v) is 9.24. The van der Waals surface area contributed by atoms with Crippen LogP contribution in [0, 0.1) is 0 Å². The summed E-state index contributed by atoms with van der Waals surface area (Å²) in [5.41, 5.74) is 0.333. The molecule has 15 heavy (non-hydrogen) atoms. The zero-order valence-electron chi connectivity index (χ0n) is 9.24. The molecule has 0 aliphatic carbocycles. The largest absolute Gasteiger partial charge is 0.478 e. The van der Waals surface area contributed by atoms with Crippen molar-refractivity contribution in [2.24, 2.45) is 0 Å². The van der Waals surface area contributed by atoms with Gasteiger partial charge in [-0.2, -0.15) is 0 Å². The quantitative estimate of drug-likeness (QED) is 0.500. The molecule has 0 amide bonds. The van der Waals surface area contributed by atoms with Crippen LogP contribution in [0.25, 0.3) is 0 Å². The van der Waals surface area contributed by atoms with Gasteiger partial charge in [-0.1, -0.05) is 13.0 Å². The molecular weight excluding hydrogens is 198 g/mol. The molecule has 0 aromatic carbocycles. The number of hydrogen-bond acceptors (Lipinski definition) is 4. The third-order valence-electron chi connectivity index (χ3n) is 1.98. The molecule has 0 saturated heterocycles. The smallest absolute Gasteiger partial charge is 0.331 e. The Hall–Kier alpha value is -1.36. The van der Waals surface area contributed by atoms with Gasteiger partial charge in [-0.25, -0.2) is 4.79 Å². The number of hydrogen-bond donors (Lipinski definition) is 2. The van der Waals surface area contributed by atoms with Crippen molar-refractivity contribution in [3.05, 3.63) is 11.6 Å². The van der Waals surface area contributed by atoms with Crippen molar-refractivity contribution >= 4 is 11.9 Å². The van der Waals surface area contributed by atoms with Crippen molar-refractivity contribution in [3.8, 4) is 0 Å². The van der Waals surface area contributed by atoms with Gasteiger partial charge < -0.3 is 15.2 Å². The van der Waals surface area contributed by atoms with E-state index in [0.29, 0.717) is 18.5 Å². The molecule has 0 aliphatic rings. The number of ether oxygens (including phenoxy) is 1. The highest BCUT2D eigenvalue weighted by Crippen LogP contribution is 1.99. The average Bonchev–Trinajstić information content (AvgIpc) is 2.22. The van der Waals surface area contributed by atoms with E-state index < -0.39 is 12.0 Å². The highest BCUT2D eigenvalue weighted by atomic mass is 16.5. The minimum absolute atomic E-state index is 0.333. The molecule has 0 aliphatic heterocycles. The lowest BCUT2D eigenvalue weighted by Gasteiger charge is -2.09. The maximum absolute atomic E-state index is 11.0. The fourth-order valence-corrected chi connectivity index (χ4v) is 1.00. The molecule has 1 unspecified atom stereocenters. The minimum Gasteiger partial charge on any atom is -0.478 e. The predicted octanol–water partition coefficient (Wildman–Crippen LogP) is 0.558. The predicted molar refractivity (Wildman–Crippen MR) is 55.5 cm³/mol. The SMILES string of the molecule is CCC(=CCNC(C)C(=O)OC)C(=O)O. The first kappa shape index (κ1) is 13.6. The molecule has 0 aromatic heterocycles. The van der Waals surface area contributed by atoms with Crippen LogP contribution in [0.3, 0.4) is 0 Å². The van der Waals surface area contributed by atoms with E-state index in [1.165, 1.54) is 7.11 Å². The van der Waals surface area contributed by atoms with Crippen molar-refractivity contribution < 1.29 is 19.4 Å². The molecule has 0 bridgehead atoms. The van der Waals surface area contributed by atoms with E-state index in [1.54, 1.807) is 19.9 Å². The monoisotopic (exact) mass is 215 g/mol. The molecule has 0 rings (SSSR count). The van der Waals surface area contributed by atoms with Crippen LogP contribution in [-0.2, 0) is 14.3 Å². The molecule has 1 atom stereocenters. The van der Waals surface area contributed by atoms with Crippen LogP contribution in [0.2, 0.25) is 0 Å². The second kappa shape index (κ2) is 7.00. The van der Waals surface area contributed by atoms with Crippen molar-refractivity contribution in [2.45, 2.75) is 26.3 Å². The van der Waals surface area contributed by atoms with E-state index in [9.17, 15) is 9.59 Å². The summed E-state index contributed by atoms with van der Waals surface area (Å²) < 4.78 is 4.50. The second-order valence-electron chi connectivity index (χ2n) is 3.04. The van der Waals surface area contributed by atoms with Crippen molar-refractivity contribution in [2.75, 3.05) is 13.7 Å². The van der Waals surface area contributed by atoms with Crippen LogP contribution < -0.4 is 5.32 Å². The maximum atomic E-state index is 11.0. The molecule has 2 N–H and O–H groups in total. The Morgan fingerprint density at radius 1 is 1.53 bits per heavy atom. The van der Waals surface area contributed by atoms with Crippen molar-refractivity contribution in [1.29, 1.82) is 0 Å². The minimum atomic E-state index is -0.926. The van der Waals surface area contributed by atoms with Gasteiger partial charge in [0.1, 0.15) is 6.04 Å². The molecule has 0 fully saturated rings. The Morgan fingerprint density at radius 2 is 2.13 bits per heavy atom. The molecule has 0 radical (unpaired) electrons. The van der Waals surface area contributed by atoms with Gasteiger partial charge in [0, 0.05) is 12.1 Å². The van der Waals surface area contributed by atoms with Gasteiger partial charge in [0.25, 0.3) is 0 Å². The Bertz CT molecular complexity index is 260. The number of esters is 1. The first-order chi connectivity index (χ1) is 7.02. The number of rotatable bonds is 6. The van der Waals surface area contributed by atoms with Gasteiger partial charge >= 0.3 is 11.9 Å². The fourth-order valence-electron chi connectivity index (χ4n) is 1.00. The van der Waals surface area contributed by atoms with Crippen LogP contribution in [0.1, 0.15) is 20.3 Å².